The Labute approximate surface area is 294 Å². The first-order chi connectivity index (χ1) is 24.8. The molecular formula is C46H31N3S. The topological polar surface area (TPSA) is 29.3 Å². The predicted octanol–water partition coefficient (Wildman–Crippen LogP) is 12.0. The summed E-state index contributed by atoms with van der Waals surface area (Å²) in [6.45, 7) is 0. The predicted molar refractivity (Wildman–Crippen MR) is 212 cm³/mol. The van der Waals surface area contributed by atoms with Crippen molar-refractivity contribution in [2.75, 3.05) is 0 Å². The van der Waals surface area contributed by atoms with Gasteiger partial charge < -0.3 is 9.88 Å². The highest BCUT2D eigenvalue weighted by molar-refractivity contribution is 7.25. The molecule has 236 valence electrons. The third kappa shape index (κ3) is 4.76. The molecule has 1 unspecified atom stereocenters. The first-order valence-electron chi connectivity index (χ1n) is 17.0. The van der Waals surface area contributed by atoms with Gasteiger partial charge in [-0.1, -0.05) is 127 Å². The molecular weight excluding hydrogens is 627 g/mol. The van der Waals surface area contributed by atoms with Crippen LogP contribution in [-0.2, 0) is 0 Å². The third-order valence-corrected chi connectivity index (χ3v) is 11.0. The highest BCUT2D eigenvalue weighted by atomic mass is 32.1. The number of aromatic nitrogens is 1. The van der Waals surface area contributed by atoms with Gasteiger partial charge >= 0.3 is 0 Å². The fraction of sp³-hybridized carbons (Fsp3) is 0.0217. The second kappa shape index (κ2) is 11.7. The number of aliphatic imine (C=N–C) groups is 1. The maximum Gasteiger partial charge on any atom is 0.134 e. The SMILES string of the molecule is C1=C(c2ccccc2)N=C(c2cccc(-c3cccc4c3c3ccccc3n4-c3ccc4sc5ccccc5c4c3)c2)NC1c1ccccc1. The summed E-state index contributed by atoms with van der Waals surface area (Å²) in [6.07, 6.45) is 2.23. The molecule has 0 radical (unpaired) electrons. The quantitative estimate of drug-likeness (QED) is 0.196. The monoisotopic (exact) mass is 657 g/mol. The van der Waals surface area contributed by atoms with Crippen LogP contribution in [0.3, 0.4) is 0 Å². The lowest BCUT2D eigenvalue weighted by Crippen LogP contribution is -2.31. The largest absolute Gasteiger partial charge is 0.359 e. The average Bonchev–Trinajstić information content (AvgIpc) is 3.74. The molecule has 2 aromatic heterocycles. The number of thiophene rings is 1. The molecule has 3 heterocycles. The Morgan fingerprint density at radius 1 is 0.520 bits per heavy atom. The molecule has 4 heteroatoms. The summed E-state index contributed by atoms with van der Waals surface area (Å²) in [5, 5.41) is 8.86. The zero-order valence-corrected chi connectivity index (χ0v) is 27.9. The number of hydrogen-bond acceptors (Lipinski definition) is 3. The van der Waals surface area contributed by atoms with Gasteiger partial charge in [0.05, 0.1) is 22.8 Å². The van der Waals surface area contributed by atoms with E-state index in [1.165, 1.54) is 58.8 Å². The van der Waals surface area contributed by atoms with E-state index in [1.54, 1.807) is 0 Å². The van der Waals surface area contributed by atoms with E-state index in [9.17, 15) is 0 Å². The van der Waals surface area contributed by atoms with Crippen LogP contribution in [0.15, 0.2) is 181 Å². The molecule has 9 aromatic rings. The van der Waals surface area contributed by atoms with Gasteiger partial charge in [-0.15, -0.1) is 11.3 Å². The van der Waals surface area contributed by atoms with Gasteiger partial charge in [-0.25, -0.2) is 4.99 Å². The maximum absolute atomic E-state index is 5.19. The number of fused-ring (bicyclic) bond motifs is 6. The normalized spacial score (nSPS) is 14.6. The first kappa shape index (κ1) is 28.8. The maximum atomic E-state index is 5.19. The number of nitrogens with zero attached hydrogens (tertiary/aromatic N) is 2. The van der Waals surface area contributed by atoms with Crippen molar-refractivity contribution >= 4 is 64.8 Å². The Morgan fingerprint density at radius 2 is 1.20 bits per heavy atom. The van der Waals surface area contributed by atoms with Crippen molar-refractivity contribution in [1.29, 1.82) is 0 Å². The summed E-state index contributed by atoms with van der Waals surface area (Å²) in [5.41, 5.74) is 10.3. The summed E-state index contributed by atoms with van der Waals surface area (Å²) in [5.74, 6) is 0.868. The van der Waals surface area contributed by atoms with Gasteiger partial charge in [0.2, 0.25) is 0 Å². The van der Waals surface area contributed by atoms with Crippen LogP contribution in [0.4, 0.5) is 0 Å². The summed E-state index contributed by atoms with van der Waals surface area (Å²) in [4.78, 5) is 5.19. The molecule has 0 bridgehead atoms. The Morgan fingerprint density at radius 3 is 2.08 bits per heavy atom. The molecule has 1 atom stereocenters. The number of hydrogen-bond donors (Lipinski definition) is 1. The van der Waals surface area contributed by atoms with Crippen molar-refractivity contribution in [2.24, 2.45) is 4.99 Å². The van der Waals surface area contributed by atoms with Gasteiger partial charge in [-0.3, -0.25) is 0 Å². The van der Waals surface area contributed by atoms with E-state index in [0.717, 1.165) is 28.2 Å². The van der Waals surface area contributed by atoms with E-state index >= 15 is 0 Å². The van der Waals surface area contributed by atoms with E-state index in [0.29, 0.717) is 0 Å². The highest BCUT2D eigenvalue weighted by Gasteiger charge is 2.21. The minimum atomic E-state index is 0.00153. The Bertz CT molecular complexity index is 2790. The van der Waals surface area contributed by atoms with Gasteiger partial charge in [0, 0.05) is 42.2 Å². The molecule has 0 saturated carbocycles. The number of benzene rings is 7. The number of rotatable bonds is 5. The lowest BCUT2D eigenvalue weighted by atomic mass is 9.96. The van der Waals surface area contributed by atoms with Gasteiger partial charge in [-0.2, -0.15) is 0 Å². The van der Waals surface area contributed by atoms with Crippen LogP contribution in [0, 0.1) is 0 Å². The molecule has 1 aliphatic rings. The third-order valence-electron chi connectivity index (χ3n) is 9.84. The van der Waals surface area contributed by atoms with Crippen LogP contribution in [0.25, 0.3) is 64.5 Å². The second-order valence-corrected chi connectivity index (χ2v) is 13.9. The minimum absolute atomic E-state index is 0.00153. The number of para-hydroxylation sites is 1. The summed E-state index contributed by atoms with van der Waals surface area (Å²) in [6, 6.07) is 61.0. The molecule has 0 fully saturated rings. The van der Waals surface area contributed by atoms with Gasteiger partial charge in [0.25, 0.3) is 0 Å². The van der Waals surface area contributed by atoms with E-state index in [-0.39, 0.29) is 6.04 Å². The zero-order valence-electron chi connectivity index (χ0n) is 27.1. The molecule has 50 heavy (non-hydrogen) atoms. The summed E-state index contributed by atoms with van der Waals surface area (Å²) in [7, 11) is 0. The Kier molecular flexibility index (Phi) is 6.74. The lowest BCUT2D eigenvalue weighted by Gasteiger charge is -2.24. The van der Waals surface area contributed by atoms with Gasteiger partial charge in [0.1, 0.15) is 5.84 Å². The fourth-order valence-corrected chi connectivity index (χ4v) is 8.61. The second-order valence-electron chi connectivity index (χ2n) is 12.8. The first-order valence-corrected chi connectivity index (χ1v) is 17.8. The van der Waals surface area contributed by atoms with Crippen molar-refractivity contribution in [3.05, 3.63) is 193 Å². The van der Waals surface area contributed by atoms with Crippen molar-refractivity contribution in [3.8, 4) is 16.8 Å². The van der Waals surface area contributed by atoms with Crippen LogP contribution in [0.2, 0.25) is 0 Å². The molecule has 1 aliphatic heterocycles. The fourth-order valence-electron chi connectivity index (χ4n) is 7.52. The molecule has 1 N–H and O–H groups in total. The highest BCUT2D eigenvalue weighted by Crippen LogP contribution is 2.41. The van der Waals surface area contributed by atoms with Crippen LogP contribution in [-0.4, -0.2) is 10.4 Å². The summed E-state index contributed by atoms with van der Waals surface area (Å²) < 4.78 is 5.06. The van der Waals surface area contributed by atoms with E-state index in [4.69, 9.17) is 4.99 Å². The van der Waals surface area contributed by atoms with Crippen molar-refractivity contribution in [3.63, 3.8) is 0 Å². The van der Waals surface area contributed by atoms with E-state index in [1.807, 2.05) is 17.4 Å². The van der Waals surface area contributed by atoms with Gasteiger partial charge in [-0.05, 0) is 70.8 Å². The van der Waals surface area contributed by atoms with E-state index < -0.39 is 0 Å². The van der Waals surface area contributed by atoms with Crippen molar-refractivity contribution < 1.29 is 0 Å². The molecule has 0 amide bonds. The zero-order chi connectivity index (χ0) is 33.0. The number of amidine groups is 1. The number of nitrogens with one attached hydrogen (secondary N) is 1. The summed E-state index contributed by atoms with van der Waals surface area (Å²) >= 11 is 1.86. The molecule has 0 spiro atoms. The van der Waals surface area contributed by atoms with Crippen LogP contribution >= 0.6 is 11.3 Å². The average molecular weight is 658 g/mol. The molecule has 10 rings (SSSR count). The lowest BCUT2D eigenvalue weighted by molar-refractivity contribution is 0.781. The van der Waals surface area contributed by atoms with Gasteiger partial charge in [0.15, 0.2) is 0 Å². The standard InChI is InChI=1S/C46H31N3S/c1-3-13-30(14-4-1)39-29-40(31-15-5-2-6-16-31)48-46(47-39)33-18-11-17-32(27-33)35-21-12-23-42-45(35)37-20-7-9-22-41(37)49(42)34-25-26-44-38(28-34)36-19-8-10-24-43(36)50-44/h1-29,39H,(H,47,48). The van der Waals surface area contributed by atoms with E-state index in [2.05, 4.69) is 180 Å². The van der Waals surface area contributed by atoms with Crippen LogP contribution < -0.4 is 5.32 Å². The molecule has 3 nitrogen and oxygen atoms in total. The van der Waals surface area contributed by atoms with Crippen molar-refractivity contribution in [2.45, 2.75) is 6.04 Å². The smallest absolute Gasteiger partial charge is 0.134 e. The van der Waals surface area contributed by atoms with Crippen molar-refractivity contribution in [1.82, 2.24) is 9.88 Å². The molecule has 0 saturated heterocycles. The molecule has 0 aliphatic carbocycles. The van der Waals surface area contributed by atoms with Crippen LogP contribution in [0.1, 0.15) is 22.7 Å². The van der Waals surface area contributed by atoms with Crippen LogP contribution in [0.5, 0.6) is 0 Å². The molecule has 7 aromatic carbocycles. The Hall–Kier alpha value is -6.23. The Balaban J connectivity index is 1.12. The minimum Gasteiger partial charge on any atom is -0.359 e.